The number of nitro groups is 1. The molecule has 0 saturated carbocycles. The van der Waals surface area contributed by atoms with E-state index in [1.54, 1.807) is 26.0 Å². The maximum absolute atomic E-state index is 10.9. The van der Waals surface area contributed by atoms with Crippen LogP contribution in [0.1, 0.15) is 11.1 Å². The summed E-state index contributed by atoms with van der Waals surface area (Å²) >= 11 is 0. The van der Waals surface area contributed by atoms with Crippen LogP contribution >= 0.6 is 0 Å². The number of fused-ring (bicyclic) bond motifs is 1. The third-order valence-corrected chi connectivity index (χ3v) is 2.76. The molecule has 0 aliphatic heterocycles. The largest absolute Gasteiger partial charge is 0.501 e. The minimum absolute atomic E-state index is 0.260. The SMILES string of the molecule is Cc1c([N+](=O)[O-])c(O)c2ncccc2c1C. The van der Waals surface area contributed by atoms with E-state index in [1.807, 2.05) is 0 Å². The van der Waals surface area contributed by atoms with Gasteiger partial charge in [-0.2, -0.15) is 0 Å². The number of phenols is 1. The maximum Gasteiger partial charge on any atom is 0.316 e. The van der Waals surface area contributed by atoms with E-state index in [0.717, 1.165) is 10.9 Å². The molecule has 0 unspecified atom stereocenters. The number of nitro benzene ring substituents is 1. The first-order chi connectivity index (χ1) is 7.54. The second-order valence-corrected chi connectivity index (χ2v) is 3.60. The zero-order valence-corrected chi connectivity index (χ0v) is 8.89. The lowest BCUT2D eigenvalue weighted by atomic mass is 10.0. The Morgan fingerprint density at radius 1 is 1.38 bits per heavy atom. The molecule has 0 fully saturated rings. The van der Waals surface area contributed by atoms with Gasteiger partial charge in [-0.25, -0.2) is 0 Å². The maximum atomic E-state index is 10.9. The first kappa shape index (κ1) is 10.4. The second-order valence-electron chi connectivity index (χ2n) is 3.60. The molecule has 1 N–H and O–H groups in total. The third kappa shape index (κ3) is 1.29. The number of aryl methyl sites for hydroxylation is 1. The van der Waals surface area contributed by atoms with Crippen molar-refractivity contribution < 1.29 is 10.0 Å². The molecule has 0 aliphatic rings. The van der Waals surface area contributed by atoms with Crippen LogP contribution in [0.2, 0.25) is 0 Å². The number of aromatic nitrogens is 1. The smallest absolute Gasteiger partial charge is 0.316 e. The van der Waals surface area contributed by atoms with Crippen molar-refractivity contribution in [1.29, 1.82) is 0 Å². The van der Waals surface area contributed by atoms with Gasteiger partial charge in [0, 0.05) is 17.1 Å². The van der Waals surface area contributed by atoms with Crippen LogP contribution < -0.4 is 0 Å². The number of phenolic OH excluding ortho intramolecular Hbond substituents is 1. The number of hydrogen-bond donors (Lipinski definition) is 1. The van der Waals surface area contributed by atoms with Crippen LogP contribution in [0, 0.1) is 24.0 Å². The monoisotopic (exact) mass is 218 g/mol. The summed E-state index contributed by atoms with van der Waals surface area (Å²) in [6.07, 6.45) is 1.50. The standard InChI is InChI=1S/C11H10N2O3/c1-6-7(2)10(13(15)16)11(14)9-8(6)4-3-5-12-9/h3-5,14H,1-2H3. The summed E-state index contributed by atoms with van der Waals surface area (Å²) in [5, 5.41) is 21.4. The normalized spacial score (nSPS) is 10.6. The van der Waals surface area contributed by atoms with Gasteiger partial charge in [-0.05, 0) is 25.5 Å². The number of hydrogen-bond acceptors (Lipinski definition) is 4. The van der Waals surface area contributed by atoms with Gasteiger partial charge in [0.15, 0.2) is 0 Å². The number of nitrogens with zero attached hydrogens (tertiary/aromatic N) is 2. The van der Waals surface area contributed by atoms with E-state index in [-0.39, 0.29) is 17.0 Å². The molecule has 5 heteroatoms. The number of aromatic hydroxyl groups is 1. The average Bonchev–Trinajstić information content (AvgIpc) is 2.26. The summed E-state index contributed by atoms with van der Waals surface area (Å²) < 4.78 is 0. The average molecular weight is 218 g/mol. The molecular formula is C11H10N2O3. The van der Waals surface area contributed by atoms with Gasteiger partial charge in [-0.3, -0.25) is 15.1 Å². The summed E-state index contributed by atoms with van der Waals surface area (Å²) in [7, 11) is 0. The summed E-state index contributed by atoms with van der Waals surface area (Å²) in [6.45, 7) is 3.41. The van der Waals surface area contributed by atoms with Crippen LogP contribution in [0.15, 0.2) is 18.3 Å². The van der Waals surface area contributed by atoms with E-state index >= 15 is 0 Å². The molecule has 0 amide bonds. The Hall–Kier alpha value is -2.17. The topological polar surface area (TPSA) is 76.3 Å². The molecule has 0 aliphatic carbocycles. The molecule has 5 nitrogen and oxygen atoms in total. The van der Waals surface area contributed by atoms with Crippen LogP contribution in [0.25, 0.3) is 10.9 Å². The molecule has 1 aromatic carbocycles. The molecule has 0 radical (unpaired) electrons. The highest BCUT2D eigenvalue weighted by Gasteiger charge is 2.23. The van der Waals surface area contributed by atoms with E-state index in [4.69, 9.17) is 0 Å². The van der Waals surface area contributed by atoms with E-state index in [9.17, 15) is 15.2 Å². The van der Waals surface area contributed by atoms with Gasteiger partial charge in [0.05, 0.1) is 4.92 Å². The lowest BCUT2D eigenvalue weighted by molar-refractivity contribution is -0.386. The van der Waals surface area contributed by atoms with Gasteiger partial charge in [0.2, 0.25) is 5.75 Å². The predicted octanol–water partition coefficient (Wildman–Crippen LogP) is 2.47. The van der Waals surface area contributed by atoms with E-state index in [2.05, 4.69) is 4.98 Å². The number of rotatable bonds is 1. The van der Waals surface area contributed by atoms with E-state index < -0.39 is 4.92 Å². The molecule has 1 heterocycles. The minimum Gasteiger partial charge on any atom is -0.501 e. The zero-order valence-electron chi connectivity index (χ0n) is 8.89. The summed E-state index contributed by atoms with van der Waals surface area (Å²) in [6, 6.07) is 3.52. The van der Waals surface area contributed by atoms with Crippen molar-refractivity contribution in [2.24, 2.45) is 0 Å². The summed E-state index contributed by atoms with van der Waals surface area (Å²) in [4.78, 5) is 14.2. The van der Waals surface area contributed by atoms with E-state index in [1.165, 1.54) is 6.20 Å². The van der Waals surface area contributed by atoms with Gasteiger partial charge in [0.1, 0.15) is 5.52 Å². The molecule has 0 saturated heterocycles. The lowest BCUT2D eigenvalue weighted by Gasteiger charge is -2.08. The van der Waals surface area contributed by atoms with E-state index in [0.29, 0.717) is 5.56 Å². The quantitative estimate of drug-likeness (QED) is 0.589. The van der Waals surface area contributed by atoms with Crippen LogP contribution in [0.5, 0.6) is 5.75 Å². The zero-order chi connectivity index (χ0) is 11.9. The molecule has 16 heavy (non-hydrogen) atoms. The predicted molar refractivity (Wildman–Crippen MR) is 59.5 cm³/mol. The molecular weight excluding hydrogens is 208 g/mol. The molecule has 1 aromatic heterocycles. The van der Waals surface area contributed by atoms with Crippen LogP contribution in [0.4, 0.5) is 5.69 Å². The van der Waals surface area contributed by atoms with Gasteiger partial charge >= 0.3 is 5.69 Å². The molecule has 2 rings (SSSR count). The van der Waals surface area contributed by atoms with Gasteiger partial charge in [-0.15, -0.1) is 0 Å². The fourth-order valence-electron chi connectivity index (χ4n) is 1.79. The highest BCUT2D eigenvalue weighted by molar-refractivity contribution is 5.92. The van der Waals surface area contributed by atoms with Crippen molar-refractivity contribution in [1.82, 2.24) is 4.98 Å². The van der Waals surface area contributed by atoms with Crippen molar-refractivity contribution in [3.8, 4) is 5.75 Å². The summed E-state index contributed by atoms with van der Waals surface area (Å²) in [5.74, 6) is -0.358. The first-order valence-electron chi connectivity index (χ1n) is 4.75. The fourth-order valence-corrected chi connectivity index (χ4v) is 1.79. The Bertz CT molecular complexity index is 593. The van der Waals surface area contributed by atoms with Crippen LogP contribution in [-0.4, -0.2) is 15.0 Å². The van der Waals surface area contributed by atoms with Gasteiger partial charge < -0.3 is 5.11 Å². The molecule has 2 aromatic rings. The van der Waals surface area contributed by atoms with Gasteiger partial charge in [0.25, 0.3) is 0 Å². The molecule has 82 valence electrons. The van der Waals surface area contributed by atoms with Gasteiger partial charge in [-0.1, -0.05) is 6.07 Å². The third-order valence-electron chi connectivity index (χ3n) is 2.76. The molecule has 0 spiro atoms. The Morgan fingerprint density at radius 3 is 2.69 bits per heavy atom. The van der Waals surface area contributed by atoms with Crippen molar-refractivity contribution in [2.45, 2.75) is 13.8 Å². The Labute approximate surface area is 91.5 Å². The van der Waals surface area contributed by atoms with Crippen molar-refractivity contribution >= 4 is 16.6 Å². The first-order valence-corrected chi connectivity index (χ1v) is 4.75. The van der Waals surface area contributed by atoms with Crippen molar-refractivity contribution in [2.75, 3.05) is 0 Å². The van der Waals surface area contributed by atoms with Crippen molar-refractivity contribution in [3.63, 3.8) is 0 Å². The fraction of sp³-hybridized carbons (Fsp3) is 0.182. The van der Waals surface area contributed by atoms with Crippen LogP contribution in [-0.2, 0) is 0 Å². The summed E-state index contributed by atoms with van der Waals surface area (Å²) in [5.41, 5.74) is 1.26. The Kier molecular flexibility index (Phi) is 2.23. The Morgan fingerprint density at radius 2 is 2.06 bits per heavy atom. The number of pyridine rings is 1. The highest BCUT2D eigenvalue weighted by Crippen LogP contribution is 2.38. The Balaban J connectivity index is 3.00. The minimum atomic E-state index is -0.578. The lowest BCUT2D eigenvalue weighted by Crippen LogP contribution is -1.97. The highest BCUT2D eigenvalue weighted by atomic mass is 16.6. The second kappa shape index (κ2) is 3.44. The molecule has 0 atom stereocenters. The molecule has 0 bridgehead atoms. The van der Waals surface area contributed by atoms with Crippen LogP contribution in [0.3, 0.4) is 0 Å². The van der Waals surface area contributed by atoms with Crippen molar-refractivity contribution in [3.05, 3.63) is 39.6 Å². The number of benzene rings is 1.